The molecule has 0 bridgehead atoms. The van der Waals surface area contributed by atoms with E-state index in [2.05, 4.69) is 64.8 Å². The quantitative estimate of drug-likeness (QED) is 0.903. The molecule has 0 fully saturated rings. The third-order valence-corrected chi connectivity index (χ3v) is 3.36. The van der Waals surface area contributed by atoms with Crippen molar-refractivity contribution in [2.24, 2.45) is 5.73 Å². The monoisotopic (exact) mass is 302 g/mol. The molecular weight excluding hydrogens is 286 g/mol. The molecule has 0 aliphatic heterocycles. The Bertz CT molecular complexity index is 493. The highest BCUT2D eigenvalue weighted by molar-refractivity contribution is 9.10. The van der Waals surface area contributed by atoms with Crippen molar-refractivity contribution in [2.45, 2.75) is 18.9 Å². The van der Waals surface area contributed by atoms with Crippen LogP contribution in [0.3, 0.4) is 0 Å². The molecule has 1 nitrogen and oxygen atoms in total. The average Bonchev–Trinajstić information content (AvgIpc) is 2.37. The van der Waals surface area contributed by atoms with Crippen LogP contribution in [0.2, 0.25) is 0 Å². The van der Waals surface area contributed by atoms with Gasteiger partial charge in [-0.15, -0.1) is 0 Å². The minimum absolute atomic E-state index is 0.0641. The van der Waals surface area contributed by atoms with Gasteiger partial charge >= 0.3 is 0 Å². The number of nitrogens with two attached hydrogens (primary N) is 1. The van der Waals surface area contributed by atoms with Crippen LogP contribution in [-0.4, -0.2) is 6.04 Å². The van der Waals surface area contributed by atoms with E-state index in [1.807, 2.05) is 19.1 Å². The van der Waals surface area contributed by atoms with Gasteiger partial charge in [-0.1, -0.05) is 58.4 Å². The zero-order valence-corrected chi connectivity index (χ0v) is 12.0. The molecule has 0 spiro atoms. The number of hydrogen-bond donors (Lipinski definition) is 1. The fourth-order valence-electron chi connectivity index (χ4n) is 2.08. The molecule has 0 saturated heterocycles. The van der Waals surface area contributed by atoms with Crippen LogP contribution in [0.15, 0.2) is 59.1 Å². The molecule has 0 aliphatic rings. The lowest BCUT2D eigenvalue weighted by Crippen LogP contribution is -2.20. The van der Waals surface area contributed by atoms with E-state index in [4.69, 9.17) is 5.73 Å². The lowest BCUT2D eigenvalue weighted by molar-refractivity contribution is 0.761. The minimum atomic E-state index is 0.0641. The van der Waals surface area contributed by atoms with Gasteiger partial charge < -0.3 is 5.73 Å². The van der Waals surface area contributed by atoms with Crippen molar-refractivity contribution < 1.29 is 0 Å². The second-order valence-electron chi connectivity index (χ2n) is 4.49. The van der Waals surface area contributed by atoms with Gasteiger partial charge in [-0.25, -0.2) is 0 Å². The predicted octanol–water partition coefficient (Wildman–Crippen LogP) is 4.13. The molecule has 0 heterocycles. The van der Waals surface area contributed by atoms with E-state index in [0.29, 0.717) is 0 Å². The molecule has 93 valence electrons. The first-order valence-corrected chi connectivity index (χ1v) is 6.87. The molecule has 2 unspecified atom stereocenters. The lowest BCUT2D eigenvalue weighted by Gasteiger charge is -2.20. The van der Waals surface area contributed by atoms with Gasteiger partial charge in [-0.3, -0.25) is 0 Å². The number of halogens is 1. The molecule has 2 aromatic rings. The molecule has 0 aromatic heterocycles. The van der Waals surface area contributed by atoms with Crippen molar-refractivity contribution in [3.05, 3.63) is 76.6 Å². The van der Waals surface area contributed by atoms with Crippen LogP contribution in [0.1, 0.15) is 24.0 Å². The fourth-order valence-corrected chi connectivity index (χ4v) is 2.50. The summed E-state index contributed by atoms with van der Waals surface area (Å²) in [5, 5.41) is 0. The Balaban J connectivity index is 2.37. The summed E-state index contributed by atoms with van der Waals surface area (Å²) in [5.41, 5.74) is 8.47. The highest BCUT2D eigenvalue weighted by Gasteiger charge is 2.16. The van der Waals surface area contributed by atoms with Crippen LogP contribution in [0.4, 0.5) is 0 Å². The number of benzene rings is 2. The molecule has 0 amide bonds. The maximum Gasteiger partial charge on any atom is 0.0178 e. The maximum absolute atomic E-state index is 5.94. The Morgan fingerprint density at radius 3 is 2.28 bits per heavy atom. The van der Waals surface area contributed by atoms with E-state index in [1.165, 1.54) is 11.1 Å². The summed E-state index contributed by atoms with van der Waals surface area (Å²) in [5.74, 6) is 0.240. The predicted molar refractivity (Wildman–Crippen MR) is 80.4 cm³/mol. The van der Waals surface area contributed by atoms with Gasteiger partial charge in [-0.05, 0) is 36.6 Å². The van der Waals surface area contributed by atoms with Crippen LogP contribution < -0.4 is 5.73 Å². The van der Waals surface area contributed by atoms with Crippen molar-refractivity contribution in [2.75, 3.05) is 0 Å². The zero-order valence-electron chi connectivity index (χ0n) is 10.4. The normalized spacial score (nSPS) is 14.2. The van der Waals surface area contributed by atoms with Crippen LogP contribution in [-0.2, 0) is 0 Å². The molecule has 2 atom stereocenters. The highest BCUT2D eigenvalue weighted by Crippen LogP contribution is 2.29. The van der Waals surface area contributed by atoms with Crippen molar-refractivity contribution in [3.63, 3.8) is 0 Å². The summed E-state index contributed by atoms with van der Waals surface area (Å²) in [6.07, 6.45) is 2.18. The van der Waals surface area contributed by atoms with E-state index < -0.39 is 0 Å². The first-order chi connectivity index (χ1) is 8.66. The topological polar surface area (TPSA) is 26.0 Å². The molecule has 1 radical (unpaired) electrons. The van der Waals surface area contributed by atoms with Gasteiger partial charge in [-0.2, -0.15) is 0 Å². The van der Waals surface area contributed by atoms with Gasteiger partial charge in [0.05, 0.1) is 0 Å². The Kier molecular flexibility index (Phi) is 4.56. The summed E-state index contributed by atoms with van der Waals surface area (Å²) >= 11 is 3.52. The fraction of sp³-hybridized carbons (Fsp3) is 0.188. The standard InChI is InChI=1S/C16H17BrN/c1-12(18)10-16(13-6-3-2-4-7-13)14-8-5-9-15(17)11-14/h2-12,16H,18H2,1H3. The van der Waals surface area contributed by atoms with Crippen molar-refractivity contribution >= 4 is 15.9 Å². The van der Waals surface area contributed by atoms with E-state index in [-0.39, 0.29) is 12.0 Å². The molecule has 0 saturated carbocycles. The van der Waals surface area contributed by atoms with Crippen molar-refractivity contribution in [3.8, 4) is 0 Å². The first-order valence-electron chi connectivity index (χ1n) is 6.08. The Labute approximate surface area is 117 Å². The van der Waals surface area contributed by atoms with Gasteiger partial charge in [0.1, 0.15) is 0 Å². The molecule has 0 aliphatic carbocycles. The van der Waals surface area contributed by atoms with E-state index in [1.54, 1.807) is 0 Å². The third-order valence-electron chi connectivity index (χ3n) is 2.86. The summed E-state index contributed by atoms with van der Waals surface area (Å²) in [6.45, 7) is 2.01. The van der Waals surface area contributed by atoms with Crippen molar-refractivity contribution in [1.29, 1.82) is 0 Å². The van der Waals surface area contributed by atoms with Crippen LogP contribution >= 0.6 is 15.9 Å². The number of rotatable bonds is 4. The summed E-state index contributed by atoms with van der Waals surface area (Å²) < 4.78 is 1.10. The van der Waals surface area contributed by atoms with Crippen LogP contribution in [0.25, 0.3) is 0 Å². The Morgan fingerprint density at radius 2 is 1.67 bits per heavy atom. The smallest absolute Gasteiger partial charge is 0.0178 e. The van der Waals surface area contributed by atoms with Crippen LogP contribution in [0.5, 0.6) is 0 Å². The van der Waals surface area contributed by atoms with Gasteiger partial charge in [0.25, 0.3) is 0 Å². The second kappa shape index (κ2) is 6.17. The minimum Gasteiger partial charge on any atom is -0.328 e. The van der Waals surface area contributed by atoms with Gasteiger partial charge in [0.2, 0.25) is 0 Å². The van der Waals surface area contributed by atoms with E-state index in [9.17, 15) is 0 Å². The summed E-state index contributed by atoms with van der Waals surface area (Å²) in [6, 6.07) is 18.9. The average molecular weight is 303 g/mol. The van der Waals surface area contributed by atoms with Gasteiger partial charge in [0.15, 0.2) is 0 Å². The number of hydrogen-bond acceptors (Lipinski definition) is 1. The molecule has 2 aromatic carbocycles. The third kappa shape index (κ3) is 3.44. The largest absolute Gasteiger partial charge is 0.328 e. The Morgan fingerprint density at radius 1 is 1.00 bits per heavy atom. The molecular formula is C16H17BrN. The van der Waals surface area contributed by atoms with E-state index in [0.717, 1.165) is 4.47 Å². The SMILES string of the molecule is CC(N)[CH]C(c1ccccc1)c1cccc(Br)c1. The zero-order chi connectivity index (χ0) is 13.0. The van der Waals surface area contributed by atoms with Crippen molar-refractivity contribution in [1.82, 2.24) is 0 Å². The summed E-state index contributed by atoms with van der Waals surface area (Å²) in [4.78, 5) is 0. The molecule has 2 rings (SSSR count). The maximum atomic E-state index is 5.94. The first kappa shape index (κ1) is 13.3. The van der Waals surface area contributed by atoms with E-state index >= 15 is 0 Å². The highest BCUT2D eigenvalue weighted by atomic mass is 79.9. The van der Waals surface area contributed by atoms with Crippen LogP contribution in [0, 0.1) is 6.42 Å². The molecule has 2 N–H and O–H groups in total. The second-order valence-corrected chi connectivity index (χ2v) is 5.41. The lowest BCUT2D eigenvalue weighted by atomic mass is 9.86. The summed E-state index contributed by atoms with van der Waals surface area (Å²) in [7, 11) is 0. The Hall–Kier alpha value is -1.12. The van der Waals surface area contributed by atoms with Gasteiger partial charge in [0, 0.05) is 16.4 Å². The molecule has 18 heavy (non-hydrogen) atoms. The molecule has 2 heteroatoms.